The van der Waals surface area contributed by atoms with Crippen LogP contribution in [0.4, 0.5) is 11.5 Å². The average molecular weight is 272 g/mol. The van der Waals surface area contributed by atoms with E-state index >= 15 is 0 Å². The van der Waals surface area contributed by atoms with Gasteiger partial charge in [-0.2, -0.15) is 4.98 Å². The first kappa shape index (κ1) is 11.7. The van der Waals surface area contributed by atoms with Gasteiger partial charge in [-0.1, -0.05) is 0 Å². The molecule has 0 aliphatic rings. The van der Waals surface area contributed by atoms with Crippen molar-refractivity contribution < 1.29 is 4.92 Å². The van der Waals surface area contributed by atoms with Gasteiger partial charge >= 0.3 is 5.69 Å². The molecule has 1 N–H and O–H groups in total. The summed E-state index contributed by atoms with van der Waals surface area (Å²) in [6.45, 7) is 0.353. The van der Waals surface area contributed by atoms with E-state index in [1.54, 1.807) is 6.20 Å². The van der Waals surface area contributed by atoms with E-state index in [4.69, 9.17) is 11.6 Å². The summed E-state index contributed by atoms with van der Waals surface area (Å²) in [5.41, 5.74) is -0.217. The summed E-state index contributed by atoms with van der Waals surface area (Å²) in [6.07, 6.45) is 2.72. The molecule has 7 nitrogen and oxygen atoms in total. The second-order valence-corrected chi connectivity index (χ2v) is 4.23. The predicted octanol–water partition coefficient (Wildman–Crippen LogP) is 2.11. The van der Waals surface area contributed by atoms with Gasteiger partial charge in [0.25, 0.3) is 0 Å². The van der Waals surface area contributed by atoms with Crippen molar-refractivity contribution in [3.05, 3.63) is 38.2 Å². The Hall–Kier alpha value is -1.80. The third-order valence-corrected chi connectivity index (χ3v) is 2.79. The zero-order valence-electron chi connectivity index (χ0n) is 8.33. The SMILES string of the molecule is O=[N+]([O-])c1cnc(Cl)nc1NCc1nccs1. The van der Waals surface area contributed by atoms with Gasteiger partial charge in [-0.05, 0) is 11.6 Å². The van der Waals surface area contributed by atoms with Crippen molar-refractivity contribution >= 4 is 34.4 Å². The van der Waals surface area contributed by atoms with E-state index in [2.05, 4.69) is 20.3 Å². The standard InChI is InChI=1S/C8H6ClN5O2S/c9-8-12-3-5(14(15)16)7(13-8)11-4-6-10-1-2-17-6/h1-3H,4H2,(H,11,12,13). The first-order valence-electron chi connectivity index (χ1n) is 4.46. The minimum Gasteiger partial charge on any atom is -0.358 e. The molecule has 0 saturated heterocycles. The van der Waals surface area contributed by atoms with Gasteiger partial charge in [0, 0.05) is 11.6 Å². The highest BCUT2D eigenvalue weighted by Crippen LogP contribution is 2.22. The Morgan fingerprint density at radius 3 is 3.00 bits per heavy atom. The molecule has 0 unspecified atom stereocenters. The van der Waals surface area contributed by atoms with Gasteiger partial charge < -0.3 is 5.32 Å². The fraction of sp³-hybridized carbons (Fsp3) is 0.125. The van der Waals surface area contributed by atoms with Crippen molar-refractivity contribution in [2.75, 3.05) is 5.32 Å². The van der Waals surface area contributed by atoms with Gasteiger partial charge in [0.05, 0.1) is 11.5 Å². The second-order valence-electron chi connectivity index (χ2n) is 2.91. The number of nitrogens with one attached hydrogen (secondary N) is 1. The maximum absolute atomic E-state index is 10.7. The van der Waals surface area contributed by atoms with E-state index in [0.29, 0.717) is 6.54 Å². The van der Waals surface area contributed by atoms with Gasteiger partial charge in [-0.25, -0.2) is 9.97 Å². The largest absolute Gasteiger partial charge is 0.358 e. The van der Waals surface area contributed by atoms with Gasteiger partial charge in [0.1, 0.15) is 11.2 Å². The summed E-state index contributed by atoms with van der Waals surface area (Å²) in [6, 6.07) is 0. The van der Waals surface area contributed by atoms with Crippen LogP contribution in [0.5, 0.6) is 0 Å². The predicted molar refractivity (Wildman–Crippen MR) is 63.1 cm³/mol. The molecule has 2 aromatic rings. The Balaban J connectivity index is 2.19. The lowest BCUT2D eigenvalue weighted by atomic mass is 10.4. The lowest BCUT2D eigenvalue weighted by Crippen LogP contribution is -2.05. The van der Waals surface area contributed by atoms with Crippen LogP contribution in [-0.2, 0) is 6.54 Å². The third kappa shape index (κ3) is 2.86. The highest BCUT2D eigenvalue weighted by atomic mass is 35.5. The molecule has 0 atom stereocenters. The summed E-state index contributed by atoms with van der Waals surface area (Å²) >= 11 is 7.03. The molecule has 2 aromatic heterocycles. The highest BCUT2D eigenvalue weighted by Gasteiger charge is 2.16. The third-order valence-electron chi connectivity index (χ3n) is 1.83. The van der Waals surface area contributed by atoms with E-state index < -0.39 is 4.92 Å². The quantitative estimate of drug-likeness (QED) is 0.520. The van der Waals surface area contributed by atoms with Gasteiger partial charge in [-0.3, -0.25) is 10.1 Å². The minimum atomic E-state index is -0.569. The van der Waals surface area contributed by atoms with E-state index in [1.165, 1.54) is 11.3 Å². The first-order valence-corrected chi connectivity index (χ1v) is 5.72. The smallest absolute Gasteiger partial charge is 0.329 e. The number of nitrogens with zero attached hydrogens (tertiary/aromatic N) is 4. The summed E-state index contributed by atoms with van der Waals surface area (Å²) in [7, 11) is 0. The second kappa shape index (κ2) is 5.02. The van der Waals surface area contributed by atoms with E-state index in [9.17, 15) is 10.1 Å². The molecule has 0 fully saturated rings. The van der Waals surface area contributed by atoms with Crippen LogP contribution in [-0.4, -0.2) is 19.9 Å². The van der Waals surface area contributed by atoms with Crippen molar-refractivity contribution in [3.63, 3.8) is 0 Å². The Kier molecular flexibility index (Phi) is 3.45. The Labute approximate surface area is 105 Å². The van der Waals surface area contributed by atoms with Crippen molar-refractivity contribution in [1.82, 2.24) is 15.0 Å². The number of anilines is 1. The average Bonchev–Trinajstić information content (AvgIpc) is 2.78. The number of hydrogen-bond acceptors (Lipinski definition) is 7. The topological polar surface area (TPSA) is 93.8 Å². The van der Waals surface area contributed by atoms with Gasteiger partial charge in [0.2, 0.25) is 11.1 Å². The molecular weight excluding hydrogens is 266 g/mol. The Morgan fingerprint density at radius 2 is 2.35 bits per heavy atom. The zero-order valence-corrected chi connectivity index (χ0v) is 9.90. The molecule has 0 spiro atoms. The maximum atomic E-state index is 10.7. The fourth-order valence-electron chi connectivity index (χ4n) is 1.12. The van der Waals surface area contributed by atoms with E-state index in [1.807, 2.05) is 5.38 Å². The number of halogens is 1. The lowest BCUT2D eigenvalue weighted by molar-refractivity contribution is -0.384. The fourth-order valence-corrected chi connectivity index (χ4v) is 1.81. The molecule has 0 saturated carbocycles. The number of rotatable bonds is 4. The molecule has 0 aliphatic heterocycles. The number of thiazole rings is 1. The monoisotopic (exact) mass is 271 g/mol. The van der Waals surface area contributed by atoms with Crippen LogP contribution in [0.1, 0.15) is 5.01 Å². The molecule has 0 radical (unpaired) electrons. The van der Waals surface area contributed by atoms with Crippen molar-refractivity contribution in [1.29, 1.82) is 0 Å². The number of aromatic nitrogens is 3. The molecule has 2 heterocycles. The summed E-state index contributed by atoms with van der Waals surface area (Å²) in [5.74, 6) is 0.0881. The normalized spacial score (nSPS) is 10.2. The van der Waals surface area contributed by atoms with Crippen molar-refractivity contribution in [3.8, 4) is 0 Å². The number of hydrogen-bond donors (Lipinski definition) is 1. The molecule has 0 aromatic carbocycles. The van der Waals surface area contributed by atoms with E-state index in [-0.39, 0.29) is 16.8 Å². The lowest BCUT2D eigenvalue weighted by Gasteiger charge is -2.03. The number of nitro groups is 1. The van der Waals surface area contributed by atoms with E-state index in [0.717, 1.165) is 11.2 Å². The summed E-state index contributed by atoms with van der Waals surface area (Å²) in [4.78, 5) is 21.5. The maximum Gasteiger partial charge on any atom is 0.329 e. The molecule has 0 aliphatic carbocycles. The van der Waals surface area contributed by atoms with Crippen LogP contribution >= 0.6 is 22.9 Å². The van der Waals surface area contributed by atoms with Crippen LogP contribution < -0.4 is 5.32 Å². The van der Waals surface area contributed by atoms with Crippen LogP contribution in [0, 0.1) is 10.1 Å². The molecule has 0 bridgehead atoms. The summed E-state index contributed by atoms with van der Waals surface area (Å²) in [5, 5.41) is 16.1. The molecule has 9 heteroatoms. The van der Waals surface area contributed by atoms with Crippen molar-refractivity contribution in [2.24, 2.45) is 0 Å². The van der Waals surface area contributed by atoms with Crippen LogP contribution in [0.25, 0.3) is 0 Å². The highest BCUT2D eigenvalue weighted by molar-refractivity contribution is 7.09. The minimum absolute atomic E-state index is 0.0442. The first-order chi connectivity index (χ1) is 8.16. The molecular formula is C8H6ClN5O2S. The molecule has 88 valence electrons. The Morgan fingerprint density at radius 1 is 1.53 bits per heavy atom. The Bertz CT molecular complexity index is 533. The molecule has 0 amide bonds. The van der Waals surface area contributed by atoms with Crippen molar-refractivity contribution in [2.45, 2.75) is 6.54 Å². The van der Waals surface area contributed by atoms with Gasteiger partial charge in [-0.15, -0.1) is 11.3 Å². The zero-order chi connectivity index (χ0) is 12.3. The van der Waals surface area contributed by atoms with Crippen LogP contribution in [0.15, 0.2) is 17.8 Å². The molecule has 2 rings (SSSR count). The van der Waals surface area contributed by atoms with Gasteiger partial charge in [0.15, 0.2) is 0 Å². The van der Waals surface area contributed by atoms with Crippen LogP contribution in [0.2, 0.25) is 5.28 Å². The summed E-state index contributed by atoms with van der Waals surface area (Å²) < 4.78 is 0. The van der Waals surface area contributed by atoms with Crippen LogP contribution in [0.3, 0.4) is 0 Å². The molecule has 17 heavy (non-hydrogen) atoms.